The normalized spacial score (nSPS) is 15.9. The van der Waals surface area contributed by atoms with Crippen molar-refractivity contribution >= 4 is 45.7 Å². The first-order chi connectivity index (χ1) is 22.4. The molecular weight excluding hydrogens is 584 g/mol. The van der Waals surface area contributed by atoms with Crippen LogP contribution >= 0.6 is 0 Å². The molecule has 0 bridgehead atoms. The second kappa shape index (κ2) is 12.3. The number of rotatable bonds is 6. The highest BCUT2D eigenvalue weighted by atomic mass is 16.6. The van der Waals surface area contributed by atoms with Gasteiger partial charge in [0, 0.05) is 47.8 Å². The first kappa shape index (κ1) is 29.0. The third kappa shape index (κ3) is 5.72. The predicted octanol–water partition coefficient (Wildman–Crippen LogP) is 5.69. The number of piperidine rings is 1. The summed E-state index contributed by atoms with van der Waals surface area (Å²) in [5.41, 5.74) is 6.17. The third-order valence-electron chi connectivity index (χ3n) is 8.69. The number of aromatic nitrogens is 5. The van der Waals surface area contributed by atoms with E-state index in [1.165, 1.54) is 6.07 Å². The molecule has 0 atom stereocenters. The molecule has 2 N–H and O–H groups in total. The Balaban J connectivity index is 1.12. The molecule has 0 spiro atoms. The van der Waals surface area contributed by atoms with Crippen molar-refractivity contribution in [3.8, 4) is 11.4 Å². The van der Waals surface area contributed by atoms with Crippen LogP contribution in [0.4, 0.5) is 11.4 Å². The second-order valence-corrected chi connectivity index (χ2v) is 11.6. The summed E-state index contributed by atoms with van der Waals surface area (Å²) in [5.74, 6) is 0.0731. The van der Waals surface area contributed by atoms with E-state index in [1.807, 2.05) is 59.5 Å². The monoisotopic (exact) mass is 614 g/mol. The van der Waals surface area contributed by atoms with E-state index >= 15 is 0 Å². The Morgan fingerprint density at radius 2 is 1.83 bits per heavy atom. The number of fused-ring (bicyclic) bond motifs is 2. The summed E-state index contributed by atoms with van der Waals surface area (Å²) in [5, 5.41) is 29.2. The predicted molar refractivity (Wildman–Crippen MR) is 173 cm³/mol. The Hall–Kier alpha value is -5.78. The van der Waals surface area contributed by atoms with E-state index in [9.17, 15) is 19.7 Å². The molecule has 1 saturated heterocycles. The maximum atomic E-state index is 14.3. The van der Waals surface area contributed by atoms with Crippen molar-refractivity contribution in [1.29, 1.82) is 0 Å². The summed E-state index contributed by atoms with van der Waals surface area (Å²) in [4.78, 5) is 45.3. The van der Waals surface area contributed by atoms with E-state index in [2.05, 4.69) is 25.9 Å². The molecule has 12 nitrogen and oxygen atoms in total. The van der Waals surface area contributed by atoms with Gasteiger partial charge in [-0.2, -0.15) is 5.21 Å². The maximum absolute atomic E-state index is 14.3. The highest BCUT2D eigenvalue weighted by molar-refractivity contribution is 6.09. The largest absolute Gasteiger partial charge is 0.339 e. The number of benzene rings is 3. The quantitative estimate of drug-likeness (QED) is 0.182. The van der Waals surface area contributed by atoms with E-state index in [1.54, 1.807) is 18.2 Å². The molecule has 1 aliphatic carbocycles. The minimum atomic E-state index is -0.401. The zero-order valence-corrected chi connectivity index (χ0v) is 24.8. The van der Waals surface area contributed by atoms with Crippen molar-refractivity contribution in [2.75, 3.05) is 18.4 Å². The average molecular weight is 615 g/mol. The smallest absolute Gasteiger partial charge is 0.270 e. The molecule has 2 aliphatic rings. The number of tetrazole rings is 1. The van der Waals surface area contributed by atoms with Gasteiger partial charge in [-0.1, -0.05) is 42.5 Å². The number of pyridine rings is 1. The zero-order chi connectivity index (χ0) is 31.6. The molecule has 230 valence electrons. The van der Waals surface area contributed by atoms with Gasteiger partial charge in [-0.05, 0) is 78.3 Å². The van der Waals surface area contributed by atoms with Crippen LogP contribution in [0.15, 0.2) is 72.8 Å². The lowest BCUT2D eigenvalue weighted by atomic mass is 9.85. The molecule has 1 aliphatic heterocycles. The van der Waals surface area contributed by atoms with Crippen molar-refractivity contribution in [2.45, 2.75) is 32.1 Å². The first-order valence-electron chi connectivity index (χ1n) is 15.3. The van der Waals surface area contributed by atoms with Gasteiger partial charge in [0.25, 0.3) is 11.6 Å². The number of allylic oxidation sites excluding steroid dienone is 1. The number of hydrogen-bond acceptors (Lipinski definition) is 8. The van der Waals surface area contributed by atoms with Crippen LogP contribution in [-0.4, -0.2) is 60.3 Å². The summed E-state index contributed by atoms with van der Waals surface area (Å²) >= 11 is 0. The van der Waals surface area contributed by atoms with Crippen LogP contribution in [0.25, 0.3) is 33.9 Å². The van der Waals surface area contributed by atoms with E-state index in [0.717, 1.165) is 51.7 Å². The standard InChI is InChI=1S/C34H30N8O4/c43-33(35-25-9-4-8-24(20-25)32-37-39-40-38-32)22-14-16-41(17-15-22)34(44)30-27-11-1-2-13-29(27)36-31-23(7-5-12-28(30)31)18-21-6-3-10-26(19-21)42(45)46/h1-4,6,8-11,13,18-20,22H,5,7,12,14-17H2,(H,35,43)(H,37,38,39,40)/b23-18+. The van der Waals surface area contributed by atoms with E-state index in [4.69, 9.17) is 4.98 Å². The molecule has 2 aromatic heterocycles. The fourth-order valence-electron chi connectivity index (χ4n) is 6.42. The van der Waals surface area contributed by atoms with Gasteiger partial charge >= 0.3 is 0 Å². The number of anilines is 1. The Morgan fingerprint density at radius 1 is 1.00 bits per heavy atom. The lowest BCUT2D eigenvalue weighted by Crippen LogP contribution is -2.42. The average Bonchev–Trinajstić information content (AvgIpc) is 3.63. The summed E-state index contributed by atoms with van der Waals surface area (Å²) in [6.07, 6.45) is 5.35. The van der Waals surface area contributed by atoms with Crippen molar-refractivity contribution in [3.05, 3.63) is 105 Å². The zero-order valence-electron chi connectivity index (χ0n) is 24.8. The minimum Gasteiger partial charge on any atom is -0.339 e. The van der Waals surface area contributed by atoms with Crippen molar-refractivity contribution in [2.24, 2.45) is 5.92 Å². The van der Waals surface area contributed by atoms with Crippen molar-refractivity contribution in [1.82, 2.24) is 30.5 Å². The number of likely N-dealkylation sites (tertiary alicyclic amines) is 1. The summed E-state index contributed by atoms with van der Waals surface area (Å²) < 4.78 is 0. The molecule has 2 amide bonds. The number of non-ortho nitro benzene ring substituents is 1. The molecule has 0 radical (unpaired) electrons. The molecule has 12 heteroatoms. The summed E-state index contributed by atoms with van der Waals surface area (Å²) in [6, 6.07) is 21.5. The van der Waals surface area contributed by atoms with E-state index < -0.39 is 4.92 Å². The number of aromatic amines is 1. The SMILES string of the molecule is O=C(Nc1cccc(-c2nn[nH]n2)c1)C1CCN(C(=O)c2c3c(nc4ccccc24)/C(=C/c2cccc([N+](=O)[O-])c2)CCC3)CC1. The van der Waals surface area contributed by atoms with Gasteiger partial charge in [0.05, 0.1) is 21.7 Å². The molecule has 1 fully saturated rings. The van der Waals surface area contributed by atoms with Gasteiger partial charge in [-0.25, -0.2) is 4.98 Å². The Bertz CT molecular complexity index is 2000. The van der Waals surface area contributed by atoms with Gasteiger partial charge in [0.2, 0.25) is 11.7 Å². The molecular formula is C34H30N8O4. The molecule has 0 unspecified atom stereocenters. The fraction of sp³-hybridized carbons (Fsp3) is 0.235. The maximum Gasteiger partial charge on any atom is 0.270 e. The lowest BCUT2D eigenvalue weighted by Gasteiger charge is -2.33. The van der Waals surface area contributed by atoms with Gasteiger partial charge in [0.1, 0.15) is 0 Å². The summed E-state index contributed by atoms with van der Waals surface area (Å²) in [7, 11) is 0. The first-order valence-corrected chi connectivity index (χ1v) is 15.3. The number of nitro groups is 1. The lowest BCUT2D eigenvalue weighted by molar-refractivity contribution is -0.384. The number of H-pyrrole nitrogens is 1. The topological polar surface area (TPSA) is 160 Å². The minimum absolute atomic E-state index is 0.0298. The van der Waals surface area contributed by atoms with Crippen LogP contribution in [0.5, 0.6) is 0 Å². The molecule has 3 aromatic carbocycles. The van der Waals surface area contributed by atoms with Gasteiger partial charge in [0.15, 0.2) is 0 Å². The van der Waals surface area contributed by atoms with Gasteiger partial charge < -0.3 is 10.2 Å². The number of para-hydroxylation sites is 1. The van der Waals surface area contributed by atoms with Gasteiger partial charge in [-0.15, -0.1) is 10.2 Å². The number of nitrogens with zero attached hydrogens (tertiary/aromatic N) is 6. The van der Waals surface area contributed by atoms with Crippen LogP contribution in [0.2, 0.25) is 0 Å². The molecule has 0 saturated carbocycles. The molecule has 5 aromatic rings. The molecule has 46 heavy (non-hydrogen) atoms. The third-order valence-corrected chi connectivity index (χ3v) is 8.69. The number of carbonyl (C=O) groups is 2. The summed E-state index contributed by atoms with van der Waals surface area (Å²) in [6.45, 7) is 0.920. The highest BCUT2D eigenvalue weighted by Gasteiger charge is 2.32. The molecule has 7 rings (SSSR count). The van der Waals surface area contributed by atoms with Crippen molar-refractivity contribution < 1.29 is 14.5 Å². The van der Waals surface area contributed by atoms with Crippen LogP contribution < -0.4 is 5.32 Å². The number of nitrogens with one attached hydrogen (secondary N) is 2. The second-order valence-electron chi connectivity index (χ2n) is 11.6. The Labute approximate surface area is 263 Å². The molecule has 3 heterocycles. The number of carbonyl (C=O) groups excluding carboxylic acids is 2. The fourth-order valence-corrected chi connectivity index (χ4v) is 6.42. The highest BCUT2D eigenvalue weighted by Crippen LogP contribution is 2.37. The number of amides is 2. The Kier molecular flexibility index (Phi) is 7.75. The van der Waals surface area contributed by atoms with Crippen LogP contribution in [0.3, 0.4) is 0 Å². The van der Waals surface area contributed by atoms with Crippen LogP contribution in [0, 0.1) is 16.0 Å². The number of nitro benzene ring substituents is 1. The Morgan fingerprint density at radius 3 is 2.63 bits per heavy atom. The van der Waals surface area contributed by atoms with E-state index in [-0.39, 0.29) is 23.4 Å². The van der Waals surface area contributed by atoms with Crippen molar-refractivity contribution in [3.63, 3.8) is 0 Å². The number of hydrogen-bond donors (Lipinski definition) is 2. The van der Waals surface area contributed by atoms with Crippen LogP contribution in [0.1, 0.15) is 52.9 Å². The van der Waals surface area contributed by atoms with E-state index in [0.29, 0.717) is 49.4 Å². The van der Waals surface area contributed by atoms with Crippen LogP contribution in [-0.2, 0) is 11.2 Å². The van der Waals surface area contributed by atoms with Gasteiger partial charge in [-0.3, -0.25) is 19.7 Å².